The van der Waals surface area contributed by atoms with Crippen LogP contribution in [-0.2, 0) is 19.4 Å². The standard InChI is InChI=1S/C26H29FN6OS/c27-15-19-5-10-33(19)25-22(4-2-9-29-25)35-23-16-30-24(21(17-34)31-23)32-11-6-26(7-12-32)13-18-3-1-8-28-20(18)14-26/h1-4,8-9,16,19,34H,5-7,10-15,17H2. The zero-order valence-corrected chi connectivity index (χ0v) is 20.4. The maximum atomic E-state index is 13.3. The number of aromatic nitrogens is 4. The Kier molecular flexibility index (Phi) is 6.06. The van der Waals surface area contributed by atoms with Crippen molar-refractivity contribution in [2.45, 2.75) is 54.7 Å². The van der Waals surface area contributed by atoms with E-state index in [4.69, 9.17) is 9.97 Å². The van der Waals surface area contributed by atoms with E-state index in [9.17, 15) is 9.50 Å². The summed E-state index contributed by atoms with van der Waals surface area (Å²) in [4.78, 5) is 23.8. The van der Waals surface area contributed by atoms with Crippen molar-refractivity contribution in [2.75, 3.05) is 36.1 Å². The lowest BCUT2D eigenvalue weighted by Crippen LogP contribution is -2.49. The Balaban J connectivity index is 1.17. The molecule has 1 N–H and O–H groups in total. The summed E-state index contributed by atoms with van der Waals surface area (Å²) in [5.41, 5.74) is 3.53. The lowest BCUT2D eigenvalue weighted by Gasteiger charge is -2.41. The van der Waals surface area contributed by atoms with Gasteiger partial charge >= 0.3 is 0 Å². The quantitative estimate of drug-likeness (QED) is 0.556. The molecule has 2 fully saturated rings. The number of anilines is 2. The molecule has 0 bridgehead atoms. The molecule has 0 amide bonds. The lowest BCUT2D eigenvalue weighted by molar-refractivity contribution is 0.229. The number of nitrogens with zero attached hydrogens (tertiary/aromatic N) is 6. The van der Waals surface area contributed by atoms with Gasteiger partial charge in [0.05, 0.1) is 23.7 Å². The second-order valence-corrected chi connectivity index (χ2v) is 10.9. The van der Waals surface area contributed by atoms with E-state index >= 15 is 0 Å². The molecule has 2 saturated heterocycles. The number of pyridine rings is 2. The van der Waals surface area contributed by atoms with E-state index in [1.54, 1.807) is 12.4 Å². The average Bonchev–Trinajstić information content (AvgIpc) is 3.23. The van der Waals surface area contributed by atoms with E-state index in [0.717, 1.165) is 68.3 Å². The largest absolute Gasteiger partial charge is 0.390 e. The molecule has 0 radical (unpaired) electrons. The minimum absolute atomic E-state index is 0.100. The van der Waals surface area contributed by atoms with E-state index in [0.29, 0.717) is 16.1 Å². The number of aliphatic hydroxyl groups excluding tert-OH is 1. The fourth-order valence-corrected chi connectivity index (χ4v) is 6.55. The van der Waals surface area contributed by atoms with Crippen molar-refractivity contribution in [1.29, 1.82) is 0 Å². The molecule has 1 unspecified atom stereocenters. The summed E-state index contributed by atoms with van der Waals surface area (Å²) in [6.07, 6.45) is 10.6. The normalized spacial score (nSPS) is 20.7. The Hall–Kier alpha value is -2.78. The van der Waals surface area contributed by atoms with Crippen molar-refractivity contribution in [1.82, 2.24) is 19.9 Å². The summed E-state index contributed by atoms with van der Waals surface area (Å²) >= 11 is 1.46. The Labute approximate surface area is 208 Å². The summed E-state index contributed by atoms with van der Waals surface area (Å²) in [5.74, 6) is 1.56. The van der Waals surface area contributed by atoms with Crippen LogP contribution in [0.25, 0.3) is 0 Å². The Morgan fingerprint density at radius 1 is 1.03 bits per heavy atom. The van der Waals surface area contributed by atoms with Crippen molar-refractivity contribution >= 4 is 23.4 Å². The van der Waals surface area contributed by atoms with Crippen molar-refractivity contribution in [3.8, 4) is 0 Å². The SMILES string of the molecule is OCc1nc(Sc2cccnc2N2CCC2CF)cnc1N1CCC2(CC1)Cc1cccnc1C2. The van der Waals surface area contributed by atoms with E-state index in [1.165, 1.54) is 23.0 Å². The van der Waals surface area contributed by atoms with Crippen LogP contribution in [0.15, 0.2) is 52.8 Å². The van der Waals surface area contributed by atoms with Crippen molar-refractivity contribution in [3.63, 3.8) is 0 Å². The third-order valence-electron chi connectivity index (χ3n) is 7.73. The Morgan fingerprint density at radius 2 is 1.86 bits per heavy atom. The van der Waals surface area contributed by atoms with Gasteiger partial charge in [-0.15, -0.1) is 0 Å². The lowest BCUT2D eigenvalue weighted by atomic mass is 9.76. The fourth-order valence-electron chi connectivity index (χ4n) is 5.65. The van der Waals surface area contributed by atoms with Gasteiger partial charge in [-0.1, -0.05) is 17.8 Å². The summed E-state index contributed by atoms with van der Waals surface area (Å²) < 4.78 is 13.3. The predicted octanol–water partition coefficient (Wildman–Crippen LogP) is 3.84. The summed E-state index contributed by atoms with van der Waals surface area (Å²) in [6, 6.07) is 8.00. The van der Waals surface area contributed by atoms with Gasteiger partial charge in [-0.3, -0.25) is 4.98 Å². The number of aliphatic hydroxyl groups is 1. The van der Waals surface area contributed by atoms with Crippen molar-refractivity contribution < 1.29 is 9.50 Å². The van der Waals surface area contributed by atoms with Crippen LogP contribution in [0.5, 0.6) is 0 Å². The summed E-state index contributed by atoms with van der Waals surface area (Å²) in [6.45, 7) is 2.07. The van der Waals surface area contributed by atoms with Gasteiger partial charge in [0.15, 0.2) is 5.82 Å². The highest BCUT2D eigenvalue weighted by Crippen LogP contribution is 2.45. The highest BCUT2D eigenvalue weighted by atomic mass is 32.2. The number of rotatable bonds is 6. The van der Waals surface area contributed by atoms with Crippen LogP contribution in [-0.4, -0.2) is 57.4 Å². The molecule has 1 atom stereocenters. The van der Waals surface area contributed by atoms with E-state index < -0.39 is 0 Å². The maximum absolute atomic E-state index is 13.3. The van der Waals surface area contributed by atoms with Crippen molar-refractivity contribution in [2.24, 2.45) is 5.41 Å². The van der Waals surface area contributed by atoms with Gasteiger partial charge in [0.2, 0.25) is 0 Å². The zero-order chi connectivity index (χ0) is 23.8. The molecule has 9 heteroatoms. The Morgan fingerprint density at radius 3 is 2.60 bits per heavy atom. The third kappa shape index (κ3) is 4.25. The third-order valence-corrected chi connectivity index (χ3v) is 8.67. The molecule has 3 aromatic heterocycles. The molecule has 3 aliphatic rings. The molecule has 0 saturated carbocycles. The number of hydrogen-bond donors (Lipinski definition) is 1. The van der Waals surface area contributed by atoms with Gasteiger partial charge in [0.1, 0.15) is 23.2 Å². The first-order valence-corrected chi connectivity index (χ1v) is 13.1. The van der Waals surface area contributed by atoms with Crippen LogP contribution in [0, 0.1) is 5.41 Å². The second kappa shape index (κ2) is 9.35. The molecule has 182 valence electrons. The second-order valence-electron chi connectivity index (χ2n) is 9.80. The van der Waals surface area contributed by atoms with Crippen LogP contribution >= 0.6 is 11.8 Å². The molecule has 35 heavy (non-hydrogen) atoms. The van der Waals surface area contributed by atoms with Gasteiger partial charge in [0, 0.05) is 37.7 Å². The molecule has 2 aliphatic heterocycles. The fraction of sp³-hybridized carbons (Fsp3) is 0.462. The molecule has 6 rings (SSSR count). The molecule has 0 aromatic carbocycles. The Bertz CT molecular complexity index is 1190. The molecule has 1 aliphatic carbocycles. The number of halogens is 1. The summed E-state index contributed by atoms with van der Waals surface area (Å²) in [5, 5.41) is 10.8. The van der Waals surface area contributed by atoms with E-state index in [-0.39, 0.29) is 19.3 Å². The van der Waals surface area contributed by atoms with Gasteiger partial charge in [0.25, 0.3) is 0 Å². The van der Waals surface area contributed by atoms with Crippen LogP contribution in [0.1, 0.15) is 36.2 Å². The van der Waals surface area contributed by atoms with Gasteiger partial charge in [-0.25, -0.2) is 19.3 Å². The minimum atomic E-state index is -0.371. The van der Waals surface area contributed by atoms with Crippen molar-refractivity contribution in [3.05, 3.63) is 59.8 Å². The van der Waals surface area contributed by atoms with Gasteiger partial charge in [-0.2, -0.15) is 0 Å². The molecular formula is C26H29FN6OS. The highest BCUT2D eigenvalue weighted by molar-refractivity contribution is 7.99. The van der Waals surface area contributed by atoms with Crippen LogP contribution in [0.2, 0.25) is 0 Å². The first-order chi connectivity index (χ1) is 17.2. The molecule has 7 nitrogen and oxygen atoms in total. The first kappa shape index (κ1) is 22.7. The average molecular weight is 493 g/mol. The molecule has 5 heterocycles. The monoisotopic (exact) mass is 492 g/mol. The molecule has 3 aromatic rings. The molecule has 1 spiro atoms. The van der Waals surface area contributed by atoms with Crippen LogP contribution < -0.4 is 9.80 Å². The number of fused-ring (bicyclic) bond motifs is 1. The topological polar surface area (TPSA) is 78.3 Å². The minimum Gasteiger partial charge on any atom is -0.390 e. The van der Waals surface area contributed by atoms with E-state index in [2.05, 4.69) is 20.9 Å². The smallest absolute Gasteiger partial charge is 0.152 e. The molecular weight excluding hydrogens is 463 g/mol. The van der Waals surface area contributed by atoms with E-state index in [1.807, 2.05) is 29.3 Å². The number of hydrogen-bond acceptors (Lipinski definition) is 8. The zero-order valence-electron chi connectivity index (χ0n) is 19.6. The predicted molar refractivity (Wildman–Crippen MR) is 134 cm³/mol. The number of piperidine rings is 1. The van der Waals surface area contributed by atoms with Crippen LogP contribution in [0.4, 0.5) is 16.0 Å². The van der Waals surface area contributed by atoms with Gasteiger partial charge in [-0.05, 0) is 61.3 Å². The van der Waals surface area contributed by atoms with Gasteiger partial charge < -0.3 is 14.9 Å². The number of alkyl halides is 1. The first-order valence-electron chi connectivity index (χ1n) is 12.3. The maximum Gasteiger partial charge on any atom is 0.152 e. The van der Waals surface area contributed by atoms with Crippen LogP contribution in [0.3, 0.4) is 0 Å². The summed E-state index contributed by atoms with van der Waals surface area (Å²) in [7, 11) is 0. The highest BCUT2D eigenvalue weighted by Gasteiger charge is 2.41.